The summed E-state index contributed by atoms with van der Waals surface area (Å²) in [5.74, 6) is 0.950. The first-order valence-electron chi connectivity index (χ1n) is 4.97. The number of rotatable bonds is 2. The van der Waals surface area contributed by atoms with Gasteiger partial charge in [0.1, 0.15) is 11.5 Å². The molecule has 2 rings (SSSR count). The molecule has 4 heteroatoms. The molecule has 1 aromatic rings. The molecule has 0 bridgehead atoms. The second kappa shape index (κ2) is 4.86. The van der Waals surface area contributed by atoms with Gasteiger partial charge in [-0.05, 0) is 37.1 Å². The highest BCUT2D eigenvalue weighted by atomic mass is 79.9. The minimum atomic E-state index is -0.233. The third kappa shape index (κ3) is 2.86. The van der Waals surface area contributed by atoms with Gasteiger partial charge in [-0.15, -0.1) is 0 Å². The number of ether oxygens (including phenoxy) is 2. The Hall–Kier alpha value is -0.740. The van der Waals surface area contributed by atoms with E-state index in [1.165, 1.54) is 0 Å². The van der Waals surface area contributed by atoms with Gasteiger partial charge in [-0.1, -0.05) is 15.9 Å². The van der Waals surface area contributed by atoms with Crippen LogP contribution in [0.3, 0.4) is 0 Å². The van der Waals surface area contributed by atoms with Crippen LogP contribution in [0.25, 0.3) is 0 Å². The predicted octanol–water partition coefficient (Wildman–Crippen LogP) is 2.67. The predicted molar refractivity (Wildman–Crippen MR) is 60.4 cm³/mol. The summed E-state index contributed by atoms with van der Waals surface area (Å²) in [6.45, 7) is 0.741. The van der Waals surface area contributed by atoms with E-state index in [0.717, 1.165) is 19.4 Å². The van der Waals surface area contributed by atoms with Gasteiger partial charge >= 0.3 is 0 Å². The van der Waals surface area contributed by atoms with Crippen molar-refractivity contribution in [3.05, 3.63) is 24.3 Å². The van der Waals surface area contributed by atoms with E-state index in [9.17, 15) is 0 Å². The minimum absolute atomic E-state index is 0.233. The zero-order valence-corrected chi connectivity index (χ0v) is 9.81. The van der Waals surface area contributed by atoms with Gasteiger partial charge in [0, 0.05) is 0 Å². The summed E-state index contributed by atoms with van der Waals surface area (Å²) in [6, 6.07) is 6.66. The summed E-state index contributed by atoms with van der Waals surface area (Å²) in [5.41, 5.74) is 0. The minimum Gasteiger partial charge on any atom is -0.508 e. The highest BCUT2D eigenvalue weighted by molar-refractivity contribution is 9.09. The van der Waals surface area contributed by atoms with Crippen LogP contribution in [0.4, 0.5) is 0 Å². The Morgan fingerprint density at radius 2 is 2.07 bits per heavy atom. The Kier molecular flexibility index (Phi) is 3.49. The molecule has 3 nitrogen and oxygen atoms in total. The van der Waals surface area contributed by atoms with Crippen LogP contribution in [-0.4, -0.2) is 22.8 Å². The normalized spacial score (nSPS) is 26.2. The lowest BCUT2D eigenvalue weighted by molar-refractivity contribution is -0.0993. The largest absolute Gasteiger partial charge is 0.508 e. The van der Waals surface area contributed by atoms with Crippen LogP contribution in [-0.2, 0) is 4.74 Å². The fraction of sp³-hybridized carbons (Fsp3) is 0.455. The van der Waals surface area contributed by atoms with E-state index in [-0.39, 0.29) is 16.9 Å². The highest BCUT2D eigenvalue weighted by Gasteiger charge is 2.25. The summed E-state index contributed by atoms with van der Waals surface area (Å²) >= 11 is 3.53. The monoisotopic (exact) mass is 272 g/mol. The van der Waals surface area contributed by atoms with Gasteiger partial charge in [0.25, 0.3) is 0 Å². The SMILES string of the molecule is Oc1ccc(O[C@H]2OCCC[C@@H]2Br)cc1. The molecule has 0 radical (unpaired) electrons. The lowest BCUT2D eigenvalue weighted by atomic mass is 10.2. The van der Waals surface area contributed by atoms with E-state index in [1.807, 2.05) is 0 Å². The maximum Gasteiger partial charge on any atom is 0.212 e. The van der Waals surface area contributed by atoms with Crippen LogP contribution >= 0.6 is 15.9 Å². The third-order valence-corrected chi connectivity index (χ3v) is 3.18. The van der Waals surface area contributed by atoms with Crippen molar-refractivity contribution < 1.29 is 14.6 Å². The molecule has 1 heterocycles. The van der Waals surface area contributed by atoms with Crippen molar-refractivity contribution in [1.82, 2.24) is 0 Å². The number of benzene rings is 1. The van der Waals surface area contributed by atoms with Crippen molar-refractivity contribution in [2.75, 3.05) is 6.61 Å². The molecule has 0 amide bonds. The zero-order valence-electron chi connectivity index (χ0n) is 8.23. The summed E-state index contributed by atoms with van der Waals surface area (Å²) < 4.78 is 11.1. The molecular formula is C11H13BrO3. The number of aromatic hydroxyl groups is 1. The fourth-order valence-electron chi connectivity index (χ4n) is 1.48. The lowest BCUT2D eigenvalue weighted by Gasteiger charge is -2.28. The van der Waals surface area contributed by atoms with Crippen LogP contribution in [0.2, 0.25) is 0 Å². The number of hydrogen-bond donors (Lipinski definition) is 1. The van der Waals surface area contributed by atoms with E-state index in [0.29, 0.717) is 5.75 Å². The molecule has 1 fully saturated rings. The van der Waals surface area contributed by atoms with E-state index >= 15 is 0 Å². The average molecular weight is 273 g/mol. The van der Waals surface area contributed by atoms with Gasteiger partial charge in [-0.3, -0.25) is 0 Å². The molecule has 1 aliphatic rings. The van der Waals surface area contributed by atoms with Crippen LogP contribution in [0.5, 0.6) is 11.5 Å². The van der Waals surface area contributed by atoms with Gasteiger partial charge in [0.05, 0.1) is 11.4 Å². The second-order valence-corrected chi connectivity index (χ2v) is 4.69. The van der Waals surface area contributed by atoms with E-state index in [1.54, 1.807) is 24.3 Å². The number of alkyl halides is 1. The molecule has 0 aromatic heterocycles. The molecule has 0 unspecified atom stereocenters. The van der Waals surface area contributed by atoms with Crippen molar-refractivity contribution in [2.24, 2.45) is 0 Å². The number of halogens is 1. The molecule has 1 saturated heterocycles. The Bertz CT molecular complexity index is 312. The Labute approximate surface area is 97.1 Å². The van der Waals surface area contributed by atoms with Crippen LogP contribution in [0.1, 0.15) is 12.8 Å². The van der Waals surface area contributed by atoms with Crippen LogP contribution in [0.15, 0.2) is 24.3 Å². The summed E-state index contributed by atoms with van der Waals surface area (Å²) in [6.07, 6.45) is 1.89. The van der Waals surface area contributed by atoms with E-state index in [2.05, 4.69) is 15.9 Å². The first-order chi connectivity index (χ1) is 7.25. The summed E-state index contributed by atoms with van der Waals surface area (Å²) in [5, 5.41) is 9.12. The van der Waals surface area contributed by atoms with Gasteiger partial charge in [-0.25, -0.2) is 0 Å². The molecule has 15 heavy (non-hydrogen) atoms. The smallest absolute Gasteiger partial charge is 0.212 e. The number of hydrogen-bond acceptors (Lipinski definition) is 3. The first kappa shape index (κ1) is 10.8. The standard InChI is InChI=1S/C11H13BrO3/c12-10-2-1-7-14-11(10)15-9-5-3-8(13)4-6-9/h3-6,10-11,13H,1-2,7H2/t10-,11+/m0/s1. The summed E-state index contributed by atoms with van der Waals surface area (Å²) in [4.78, 5) is 0.236. The van der Waals surface area contributed by atoms with Crippen molar-refractivity contribution in [1.29, 1.82) is 0 Å². The number of phenolic OH excluding ortho intramolecular Hbond substituents is 1. The van der Waals surface area contributed by atoms with Gasteiger partial charge < -0.3 is 14.6 Å². The molecule has 0 spiro atoms. The number of phenols is 1. The molecule has 0 aliphatic carbocycles. The van der Waals surface area contributed by atoms with Gasteiger partial charge in [0.15, 0.2) is 0 Å². The third-order valence-electron chi connectivity index (χ3n) is 2.29. The van der Waals surface area contributed by atoms with Crippen molar-refractivity contribution in [2.45, 2.75) is 24.0 Å². The molecule has 1 aliphatic heterocycles. The molecule has 1 N–H and O–H groups in total. The maximum atomic E-state index is 9.12. The molecule has 82 valence electrons. The molecular weight excluding hydrogens is 260 g/mol. The molecule has 2 atom stereocenters. The van der Waals surface area contributed by atoms with E-state index < -0.39 is 0 Å². The van der Waals surface area contributed by atoms with Gasteiger partial charge in [-0.2, -0.15) is 0 Å². The Balaban J connectivity index is 1.98. The zero-order chi connectivity index (χ0) is 10.7. The molecule has 0 saturated carbocycles. The lowest BCUT2D eigenvalue weighted by Crippen LogP contribution is -2.34. The van der Waals surface area contributed by atoms with Gasteiger partial charge in [0.2, 0.25) is 6.29 Å². The average Bonchev–Trinajstić information content (AvgIpc) is 2.25. The maximum absolute atomic E-state index is 9.12. The second-order valence-electron chi connectivity index (χ2n) is 3.51. The first-order valence-corrected chi connectivity index (χ1v) is 5.88. The van der Waals surface area contributed by atoms with Crippen molar-refractivity contribution >= 4 is 15.9 Å². The van der Waals surface area contributed by atoms with Crippen LogP contribution in [0, 0.1) is 0 Å². The Morgan fingerprint density at radius 1 is 1.33 bits per heavy atom. The van der Waals surface area contributed by atoms with Crippen molar-refractivity contribution in [3.8, 4) is 11.5 Å². The summed E-state index contributed by atoms with van der Waals surface area (Å²) in [7, 11) is 0. The van der Waals surface area contributed by atoms with E-state index in [4.69, 9.17) is 14.6 Å². The topological polar surface area (TPSA) is 38.7 Å². The quantitative estimate of drug-likeness (QED) is 0.842. The van der Waals surface area contributed by atoms with Crippen molar-refractivity contribution in [3.63, 3.8) is 0 Å². The van der Waals surface area contributed by atoms with Crippen LogP contribution < -0.4 is 4.74 Å². The molecule has 1 aromatic carbocycles. The fourth-order valence-corrected chi connectivity index (χ4v) is 2.07. The Morgan fingerprint density at radius 3 is 2.73 bits per heavy atom. The highest BCUT2D eigenvalue weighted by Crippen LogP contribution is 2.25.